The molecule has 2 aromatic carbocycles. The third-order valence-electron chi connectivity index (χ3n) is 4.73. The summed E-state index contributed by atoms with van der Waals surface area (Å²) < 4.78 is 1.11. The van der Waals surface area contributed by atoms with E-state index in [1.807, 2.05) is 54.6 Å². The van der Waals surface area contributed by atoms with Gasteiger partial charge in [0.05, 0.1) is 5.70 Å². The standard InChI is InChI=1S/C20H20IN3O3/c21-16-6-8-17(9-7-16)22-19(25)26-24-12-10-20(11-13-24)14-18(23-27-20)15-4-2-1-3-5-15/h1-9,14,23H,10-13H2,(H,22,25). The summed E-state index contributed by atoms with van der Waals surface area (Å²) in [5.41, 5.74) is 5.50. The van der Waals surface area contributed by atoms with E-state index in [1.165, 1.54) is 0 Å². The monoisotopic (exact) mass is 477 g/mol. The fourth-order valence-corrected chi connectivity index (χ4v) is 3.59. The molecule has 1 spiro atoms. The van der Waals surface area contributed by atoms with E-state index in [0.717, 1.165) is 27.7 Å². The maximum atomic E-state index is 12.1. The third-order valence-corrected chi connectivity index (χ3v) is 5.45. The fourth-order valence-electron chi connectivity index (χ4n) is 3.23. The summed E-state index contributed by atoms with van der Waals surface area (Å²) in [7, 11) is 0. The summed E-state index contributed by atoms with van der Waals surface area (Å²) in [4.78, 5) is 23.4. The normalized spacial score (nSPS) is 18.6. The Morgan fingerprint density at radius 2 is 1.81 bits per heavy atom. The number of hydrogen-bond acceptors (Lipinski definition) is 5. The zero-order valence-corrected chi connectivity index (χ0v) is 16.8. The highest BCUT2D eigenvalue weighted by Crippen LogP contribution is 2.34. The van der Waals surface area contributed by atoms with Gasteiger partial charge in [0.25, 0.3) is 0 Å². The SMILES string of the molecule is O=C(Nc1ccc(I)cc1)ON1CCC2(C=C(c3ccccc3)NO2)CC1. The number of anilines is 1. The van der Waals surface area contributed by atoms with Gasteiger partial charge in [-0.05, 0) is 71.3 Å². The van der Waals surface area contributed by atoms with E-state index in [2.05, 4.69) is 39.5 Å². The van der Waals surface area contributed by atoms with Crippen LogP contribution < -0.4 is 10.8 Å². The van der Waals surface area contributed by atoms with Gasteiger partial charge in [0, 0.05) is 22.3 Å². The van der Waals surface area contributed by atoms with Crippen LogP contribution in [0.25, 0.3) is 5.70 Å². The molecule has 1 amide bonds. The van der Waals surface area contributed by atoms with Gasteiger partial charge in [-0.3, -0.25) is 15.6 Å². The largest absolute Gasteiger partial charge is 0.430 e. The molecule has 1 saturated heterocycles. The molecule has 140 valence electrons. The van der Waals surface area contributed by atoms with E-state index in [0.29, 0.717) is 18.8 Å². The molecule has 6 nitrogen and oxygen atoms in total. The third kappa shape index (κ3) is 4.42. The molecule has 0 aromatic heterocycles. The molecule has 2 aliphatic heterocycles. The number of piperidine rings is 1. The van der Waals surface area contributed by atoms with Crippen LogP contribution >= 0.6 is 22.6 Å². The van der Waals surface area contributed by atoms with Gasteiger partial charge in [-0.1, -0.05) is 30.3 Å². The summed E-state index contributed by atoms with van der Waals surface area (Å²) in [5.74, 6) is 0. The Kier molecular flexibility index (Phi) is 5.33. The van der Waals surface area contributed by atoms with E-state index in [1.54, 1.807) is 5.06 Å². The Morgan fingerprint density at radius 3 is 2.52 bits per heavy atom. The Hall–Kier alpha value is -2.10. The van der Waals surface area contributed by atoms with Crippen molar-refractivity contribution in [2.24, 2.45) is 0 Å². The molecular formula is C20H20IN3O3. The first-order valence-corrected chi connectivity index (χ1v) is 9.92. The van der Waals surface area contributed by atoms with Gasteiger partial charge in [0.1, 0.15) is 5.60 Å². The molecule has 0 bridgehead atoms. The zero-order chi connectivity index (χ0) is 18.7. The molecular weight excluding hydrogens is 457 g/mol. The van der Waals surface area contributed by atoms with Crippen LogP contribution in [0.5, 0.6) is 0 Å². The number of nitrogens with one attached hydrogen (secondary N) is 2. The Bertz CT molecular complexity index is 831. The average Bonchev–Trinajstić information content (AvgIpc) is 3.10. The van der Waals surface area contributed by atoms with Gasteiger partial charge in [-0.25, -0.2) is 4.79 Å². The number of carbonyl (C=O) groups is 1. The van der Waals surface area contributed by atoms with Crippen LogP contribution in [0.2, 0.25) is 0 Å². The number of nitrogens with zero attached hydrogens (tertiary/aromatic N) is 1. The van der Waals surface area contributed by atoms with E-state index in [4.69, 9.17) is 9.68 Å². The first kappa shape index (κ1) is 18.3. The highest BCUT2D eigenvalue weighted by molar-refractivity contribution is 14.1. The van der Waals surface area contributed by atoms with Gasteiger partial charge in [0.2, 0.25) is 0 Å². The number of hydroxylamine groups is 3. The first-order valence-electron chi connectivity index (χ1n) is 8.84. The van der Waals surface area contributed by atoms with Crippen molar-refractivity contribution >= 4 is 40.1 Å². The van der Waals surface area contributed by atoms with Crippen LogP contribution in [-0.2, 0) is 9.68 Å². The summed E-state index contributed by atoms with van der Waals surface area (Å²) in [6, 6.07) is 17.7. The molecule has 0 saturated carbocycles. The minimum absolute atomic E-state index is 0.350. The van der Waals surface area contributed by atoms with Crippen LogP contribution in [0.4, 0.5) is 10.5 Å². The summed E-state index contributed by atoms with van der Waals surface area (Å²) in [6.45, 7) is 1.22. The second kappa shape index (κ2) is 7.87. The smallest absolute Gasteiger partial charge is 0.351 e. The molecule has 2 heterocycles. The van der Waals surface area contributed by atoms with Gasteiger partial charge in [-0.2, -0.15) is 0 Å². The minimum Gasteiger partial charge on any atom is -0.351 e. The van der Waals surface area contributed by atoms with Crippen LogP contribution in [-0.4, -0.2) is 29.8 Å². The second-order valence-electron chi connectivity index (χ2n) is 6.63. The summed E-state index contributed by atoms with van der Waals surface area (Å²) in [5, 5.41) is 4.43. The first-order chi connectivity index (χ1) is 13.1. The van der Waals surface area contributed by atoms with Gasteiger partial charge < -0.3 is 4.84 Å². The Morgan fingerprint density at radius 1 is 1.11 bits per heavy atom. The molecule has 1 fully saturated rings. The van der Waals surface area contributed by atoms with Crippen LogP contribution in [0.15, 0.2) is 60.7 Å². The predicted molar refractivity (Wildman–Crippen MR) is 111 cm³/mol. The van der Waals surface area contributed by atoms with Gasteiger partial charge in [0.15, 0.2) is 0 Å². The lowest BCUT2D eigenvalue weighted by Gasteiger charge is -2.35. The lowest BCUT2D eigenvalue weighted by molar-refractivity contribution is -0.153. The quantitative estimate of drug-likeness (QED) is 0.651. The Labute approximate surface area is 171 Å². The van der Waals surface area contributed by atoms with E-state index < -0.39 is 6.09 Å². The number of halogens is 1. The van der Waals surface area contributed by atoms with Crippen molar-refractivity contribution in [3.63, 3.8) is 0 Å². The Balaban J connectivity index is 1.31. The van der Waals surface area contributed by atoms with Gasteiger partial charge in [-0.15, -0.1) is 5.06 Å². The summed E-state index contributed by atoms with van der Waals surface area (Å²) in [6.07, 6.45) is 3.16. The lowest BCUT2D eigenvalue weighted by Crippen LogP contribution is -2.45. The topological polar surface area (TPSA) is 62.8 Å². The molecule has 2 aromatic rings. The number of rotatable bonds is 3. The zero-order valence-electron chi connectivity index (χ0n) is 14.7. The highest BCUT2D eigenvalue weighted by atomic mass is 127. The van der Waals surface area contributed by atoms with Gasteiger partial charge >= 0.3 is 6.09 Å². The summed E-state index contributed by atoms with van der Waals surface area (Å²) >= 11 is 2.22. The minimum atomic E-state index is -0.474. The molecule has 0 atom stereocenters. The average molecular weight is 477 g/mol. The van der Waals surface area contributed by atoms with Crippen molar-refractivity contribution in [2.45, 2.75) is 18.4 Å². The number of hydrogen-bond donors (Lipinski definition) is 2. The maximum absolute atomic E-state index is 12.1. The molecule has 2 N–H and O–H groups in total. The van der Waals surface area contributed by atoms with E-state index in [9.17, 15) is 4.79 Å². The van der Waals surface area contributed by atoms with Crippen molar-refractivity contribution in [1.29, 1.82) is 0 Å². The molecule has 7 heteroatoms. The second-order valence-corrected chi connectivity index (χ2v) is 7.88. The number of benzene rings is 2. The van der Waals surface area contributed by atoms with Crippen molar-refractivity contribution < 1.29 is 14.5 Å². The van der Waals surface area contributed by atoms with Crippen molar-refractivity contribution in [3.8, 4) is 0 Å². The van der Waals surface area contributed by atoms with Crippen LogP contribution in [0, 0.1) is 3.57 Å². The number of carbonyl (C=O) groups excluding carboxylic acids is 1. The molecule has 0 aliphatic carbocycles. The van der Waals surface area contributed by atoms with E-state index in [-0.39, 0.29) is 5.60 Å². The van der Waals surface area contributed by atoms with Crippen LogP contribution in [0.3, 0.4) is 0 Å². The fraction of sp³-hybridized carbons (Fsp3) is 0.250. The number of amides is 1. The molecule has 0 unspecified atom stereocenters. The molecule has 2 aliphatic rings. The van der Waals surface area contributed by atoms with Crippen LogP contribution in [0.1, 0.15) is 18.4 Å². The molecule has 27 heavy (non-hydrogen) atoms. The van der Waals surface area contributed by atoms with Crippen molar-refractivity contribution in [1.82, 2.24) is 10.5 Å². The van der Waals surface area contributed by atoms with Crippen molar-refractivity contribution in [3.05, 3.63) is 69.8 Å². The van der Waals surface area contributed by atoms with E-state index >= 15 is 0 Å². The maximum Gasteiger partial charge on any atom is 0.430 e. The highest BCUT2D eigenvalue weighted by Gasteiger charge is 2.39. The predicted octanol–water partition coefficient (Wildman–Crippen LogP) is 4.17. The van der Waals surface area contributed by atoms with Crippen molar-refractivity contribution in [2.75, 3.05) is 18.4 Å². The molecule has 0 radical (unpaired) electrons. The lowest BCUT2D eigenvalue weighted by atomic mass is 9.91. The molecule has 4 rings (SSSR count).